The van der Waals surface area contributed by atoms with Crippen LogP contribution in [0.4, 0.5) is 8.78 Å². The van der Waals surface area contributed by atoms with Gasteiger partial charge in [-0.2, -0.15) is 0 Å². The number of alkyl halides is 1. The molecule has 0 aromatic carbocycles. The van der Waals surface area contributed by atoms with Crippen molar-refractivity contribution in [2.75, 3.05) is 13.2 Å². The maximum absolute atomic E-state index is 12.8. The molecule has 0 rings (SSSR count). The Hall–Kier alpha value is -1.46. The SMILES string of the molecule is C=C(F)COC(=O)C(=O)OCC(C)(C)F. The molecule has 0 aromatic heterocycles. The fourth-order valence-electron chi connectivity index (χ4n) is 0.499. The molecule has 0 aliphatic rings. The number of carbonyl (C=O) groups is 2. The predicted octanol–water partition coefficient (Wildman–Crippen LogP) is 1.30. The summed E-state index contributed by atoms with van der Waals surface area (Å²) in [7, 11) is 0. The first-order valence-corrected chi connectivity index (χ1v) is 4.08. The summed E-state index contributed by atoms with van der Waals surface area (Å²) in [6, 6.07) is 0. The third-order valence-corrected chi connectivity index (χ3v) is 1.07. The lowest BCUT2D eigenvalue weighted by Crippen LogP contribution is -2.28. The molecule has 0 saturated heterocycles. The first kappa shape index (κ1) is 13.5. The Morgan fingerprint density at radius 3 is 2.13 bits per heavy atom. The molecule has 0 amide bonds. The molecule has 0 radical (unpaired) electrons. The van der Waals surface area contributed by atoms with Gasteiger partial charge in [0.2, 0.25) is 0 Å². The Labute approximate surface area is 85.9 Å². The molecule has 0 saturated carbocycles. The number of hydrogen-bond acceptors (Lipinski definition) is 4. The quantitative estimate of drug-likeness (QED) is 0.531. The monoisotopic (exact) mass is 222 g/mol. The highest BCUT2D eigenvalue weighted by Crippen LogP contribution is 2.08. The van der Waals surface area contributed by atoms with Gasteiger partial charge in [0.15, 0.2) is 0 Å². The fourth-order valence-corrected chi connectivity index (χ4v) is 0.499. The molecule has 0 aromatic rings. The molecule has 0 spiro atoms. The van der Waals surface area contributed by atoms with Gasteiger partial charge in [-0.3, -0.25) is 0 Å². The van der Waals surface area contributed by atoms with Crippen LogP contribution in [0.5, 0.6) is 0 Å². The second-order valence-corrected chi connectivity index (χ2v) is 3.39. The van der Waals surface area contributed by atoms with E-state index in [0.717, 1.165) is 0 Å². The van der Waals surface area contributed by atoms with Crippen LogP contribution < -0.4 is 0 Å². The third kappa shape index (κ3) is 7.60. The van der Waals surface area contributed by atoms with Gasteiger partial charge in [-0.15, -0.1) is 0 Å². The van der Waals surface area contributed by atoms with Crippen LogP contribution in [0, 0.1) is 0 Å². The van der Waals surface area contributed by atoms with E-state index in [4.69, 9.17) is 0 Å². The normalized spacial score (nSPS) is 10.7. The van der Waals surface area contributed by atoms with Crippen molar-refractivity contribution < 1.29 is 27.8 Å². The lowest BCUT2D eigenvalue weighted by atomic mass is 10.2. The van der Waals surface area contributed by atoms with Gasteiger partial charge in [0.25, 0.3) is 0 Å². The maximum atomic E-state index is 12.8. The average molecular weight is 222 g/mol. The summed E-state index contributed by atoms with van der Waals surface area (Å²) in [5, 5.41) is 0. The van der Waals surface area contributed by atoms with Gasteiger partial charge >= 0.3 is 11.9 Å². The van der Waals surface area contributed by atoms with Gasteiger partial charge < -0.3 is 9.47 Å². The summed E-state index contributed by atoms with van der Waals surface area (Å²) in [6.07, 6.45) is 0. The summed E-state index contributed by atoms with van der Waals surface area (Å²) in [6.45, 7) is 3.88. The molecule has 4 nitrogen and oxygen atoms in total. The Bertz CT molecular complexity index is 268. The van der Waals surface area contributed by atoms with E-state index in [1.165, 1.54) is 13.8 Å². The van der Waals surface area contributed by atoms with E-state index in [0.29, 0.717) is 0 Å². The van der Waals surface area contributed by atoms with Crippen LogP contribution in [0.3, 0.4) is 0 Å². The van der Waals surface area contributed by atoms with E-state index >= 15 is 0 Å². The minimum Gasteiger partial charge on any atom is -0.454 e. The summed E-state index contributed by atoms with van der Waals surface area (Å²) in [5.74, 6) is -3.64. The summed E-state index contributed by atoms with van der Waals surface area (Å²) in [5.41, 5.74) is -1.74. The van der Waals surface area contributed by atoms with E-state index in [2.05, 4.69) is 16.1 Å². The van der Waals surface area contributed by atoms with Gasteiger partial charge in [-0.25, -0.2) is 18.4 Å². The first-order valence-electron chi connectivity index (χ1n) is 4.08. The van der Waals surface area contributed by atoms with Crippen molar-refractivity contribution in [3.05, 3.63) is 12.4 Å². The van der Waals surface area contributed by atoms with Crippen molar-refractivity contribution in [1.82, 2.24) is 0 Å². The van der Waals surface area contributed by atoms with Gasteiger partial charge in [-0.1, -0.05) is 6.58 Å². The molecule has 15 heavy (non-hydrogen) atoms. The summed E-state index contributed by atoms with van der Waals surface area (Å²) < 4.78 is 33.2. The molecular formula is C9H12F2O4. The Morgan fingerprint density at radius 1 is 1.27 bits per heavy atom. The molecular weight excluding hydrogens is 210 g/mol. The van der Waals surface area contributed by atoms with Crippen molar-refractivity contribution in [3.63, 3.8) is 0 Å². The number of carbonyl (C=O) groups excluding carboxylic acids is 2. The first-order chi connectivity index (χ1) is 6.72. The molecule has 0 N–H and O–H groups in total. The Kier molecular flexibility index (Phi) is 4.90. The molecule has 0 heterocycles. The van der Waals surface area contributed by atoms with E-state index < -0.39 is 36.6 Å². The molecule has 6 heteroatoms. The van der Waals surface area contributed by atoms with Crippen LogP contribution in [-0.4, -0.2) is 30.8 Å². The minimum absolute atomic E-state index is 0.572. The number of hydrogen-bond donors (Lipinski definition) is 0. The highest BCUT2D eigenvalue weighted by molar-refractivity contribution is 6.29. The van der Waals surface area contributed by atoms with E-state index in [-0.39, 0.29) is 0 Å². The third-order valence-electron chi connectivity index (χ3n) is 1.07. The molecule has 0 aliphatic carbocycles. The number of halogens is 2. The number of rotatable bonds is 4. The zero-order valence-corrected chi connectivity index (χ0v) is 8.51. The fraction of sp³-hybridized carbons (Fsp3) is 0.556. The zero-order chi connectivity index (χ0) is 12.1. The van der Waals surface area contributed by atoms with Gasteiger partial charge in [0.05, 0.1) is 0 Å². The molecule has 0 atom stereocenters. The number of ether oxygens (including phenoxy) is 2. The van der Waals surface area contributed by atoms with Crippen LogP contribution in [0.15, 0.2) is 12.4 Å². The Morgan fingerprint density at radius 2 is 1.73 bits per heavy atom. The molecule has 86 valence electrons. The second kappa shape index (κ2) is 5.43. The standard InChI is InChI=1S/C9H12F2O4/c1-6(10)4-14-7(12)8(13)15-5-9(2,3)11/h1,4-5H2,2-3H3. The predicted molar refractivity (Wildman–Crippen MR) is 47.4 cm³/mol. The van der Waals surface area contributed by atoms with Crippen molar-refractivity contribution in [3.8, 4) is 0 Å². The van der Waals surface area contributed by atoms with Crippen molar-refractivity contribution in [2.45, 2.75) is 19.5 Å². The minimum atomic E-state index is -1.74. The Balaban J connectivity index is 3.90. The van der Waals surface area contributed by atoms with E-state index in [9.17, 15) is 18.4 Å². The smallest absolute Gasteiger partial charge is 0.417 e. The topological polar surface area (TPSA) is 52.6 Å². The zero-order valence-electron chi connectivity index (χ0n) is 8.51. The summed E-state index contributed by atoms with van der Waals surface area (Å²) >= 11 is 0. The van der Waals surface area contributed by atoms with Crippen LogP contribution in [-0.2, 0) is 19.1 Å². The molecule has 0 aliphatic heterocycles. The van der Waals surface area contributed by atoms with Crippen LogP contribution in [0.2, 0.25) is 0 Å². The van der Waals surface area contributed by atoms with Crippen molar-refractivity contribution in [1.29, 1.82) is 0 Å². The van der Waals surface area contributed by atoms with Crippen molar-refractivity contribution >= 4 is 11.9 Å². The second-order valence-electron chi connectivity index (χ2n) is 3.39. The van der Waals surface area contributed by atoms with Gasteiger partial charge in [0.1, 0.15) is 24.7 Å². The van der Waals surface area contributed by atoms with Crippen molar-refractivity contribution in [2.24, 2.45) is 0 Å². The molecule has 0 unspecified atom stereocenters. The van der Waals surface area contributed by atoms with E-state index in [1.807, 2.05) is 0 Å². The molecule has 0 bridgehead atoms. The highest BCUT2D eigenvalue weighted by Gasteiger charge is 2.23. The lowest BCUT2D eigenvalue weighted by Gasteiger charge is -2.13. The van der Waals surface area contributed by atoms with Gasteiger partial charge in [-0.05, 0) is 13.8 Å². The molecule has 0 fully saturated rings. The van der Waals surface area contributed by atoms with Crippen LogP contribution in [0.1, 0.15) is 13.8 Å². The highest BCUT2D eigenvalue weighted by atomic mass is 19.1. The number of esters is 2. The van der Waals surface area contributed by atoms with Crippen LogP contribution in [0.25, 0.3) is 0 Å². The van der Waals surface area contributed by atoms with Gasteiger partial charge in [0, 0.05) is 0 Å². The summed E-state index contributed by atoms with van der Waals surface area (Å²) in [4.78, 5) is 21.5. The lowest BCUT2D eigenvalue weighted by molar-refractivity contribution is -0.169. The largest absolute Gasteiger partial charge is 0.454 e. The maximum Gasteiger partial charge on any atom is 0.417 e. The van der Waals surface area contributed by atoms with E-state index in [1.54, 1.807) is 0 Å². The van der Waals surface area contributed by atoms with Crippen LogP contribution >= 0.6 is 0 Å². The average Bonchev–Trinajstić information content (AvgIpc) is 2.08.